The molecule has 4 rings (SSSR count). The lowest BCUT2D eigenvalue weighted by Gasteiger charge is -2.10. The number of hydrogen-bond acceptors (Lipinski definition) is 7. The van der Waals surface area contributed by atoms with E-state index < -0.39 is 16.2 Å². The molecule has 0 unspecified atom stereocenters. The van der Waals surface area contributed by atoms with Crippen LogP contribution in [0.4, 0.5) is 5.69 Å². The van der Waals surface area contributed by atoms with Crippen LogP contribution in [0.5, 0.6) is 5.75 Å². The van der Waals surface area contributed by atoms with E-state index in [1.54, 1.807) is 6.07 Å². The van der Waals surface area contributed by atoms with Gasteiger partial charge in [-0.1, -0.05) is 11.6 Å². The second-order valence-electron chi connectivity index (χ2n) is 5.52. The minimum atomic E-state index is -1.00. The molecular formula is C17H9ClN2O7. The predicted octanol–water partition coefficient (Wildman–Crippen LogP) is 3.26. The molecule has 0 aliphatic rings. The van der Waals surface area contributed by atoms with Gasteiger partial charge < -0.3 is 13.6 Å². The molecule has 9 nitrogen and oxygen atoms in total. The summed E-state index contributed by atoms with van der Waals surface area (Å²) in [7, 11) is 1.37. The number of hydrogen-bond donors (Lipinski definition) is 0. The summed E-state index contributed by atoms with van der Waals surface area (Å²) in [5, 5.41) is 11.3. The average Bonchev–Trinajstić information content (AvgIpc) is 3.09. The highest BCUT2D eigenvalue weighted by atomic mass is 35.5. The molecule has 0 amide bonds. The molecule has 0 fully saturated rings. The molecule has 2 aromatic heterocycles. The van der Waals surface area contributed by atoms with Crippen molar-refractivity contribution in [1.29, 1.82) is 0 Å². The zero-order chi connectivity index (χ0) is 19.3. The maximum absolute atomic E-state index is 13.1. The van der Waals surface area contributed by atoms with Crippen molar-refractivity contribution >= 4 is 39.2 Å². The topological polar surface area (TPSA) is 118 Å². The smallest absolute Gasteiger partial charge is 0.427 e. The fourth-order valence-electron chi connectivity index (χ4n) is 2.89. The fraction of sp³-hybridized carbons (Fsp3) is 0.0588. The third kappa shape index (κ3) is 2.48. The number of halogens is 1. The number of aromatic nitrogens is 1. The van der Waals surface area contributed by atoms with Gasteiger partial charge in [0.15, 0.2) is 5.58 Å². The first-order valence-electron chi connectivity index (χ1n) is 7.50. The van der Waals surface area contributed by atoms with Crippen LogP contribution in [0, 0.1) is 10.1 Å². The number of benzene rings is 2. The van der Waals surface area contributed by atoms with Crippen molar-refractivity contribution in [3.05, 3.63) is 72.6 Å². The monoisotopic (exact) mass is 388 g/mol. The van der Waals surface area contributed by atoms with Gasteiger partial charge in [-0.05, 0) is 12.1 Å². The van der Waals surface area contributed by atoms with E-state index in [2.05, 4.69) is 0 Å². The molecule has 0 aliphatic heterocycles. The summed E-state index contributed by atoms with van der Waals surface area (Å²) in [4.78, 5) is 35.7. The number of ether oxygens (including phenoxy) is 1. The molecule has 27 heavy (non-hydrogen) atoms. The number of fused-ring (bicyclic) bond motifs is 2. The van der Waals surface area contributed by atoms with Gasteiger partial charge in [-0.15, -0.1) is 0 Å². The van der Waals surface area contributed by atoms with Gasteiger partial charge in [0, 0.05) is 18.2 Å². The van der Waals surface area contributed by atoms with E-state index in [0.29, 0.717) is 15.5 Å². The van der Waals surface area contributed by atoms with Crippen LogP contribution in [0.1, 0.15) is 0 Å². The van der Waals surface area contributed by atoms with Crippen molar-refractivity contribution in [2.75, 3.05) is 7.11 Å². The molecule has 0 saturated heterocycles. The quantitative estimate of drug-likeness (QED) is 0.390. The summed E-state index contributed by atoms with van der Waals surface area (Å²) >= 11 is 6.06. The van der Waals surface area contributed by atoms with Crippen LogP contribution in [-0.2, 0) is 0 Å². The predicted molar refractivity (Wildman–Crippen MR) is 96.1 cm³/mol. The van der Waals surface area contributed by atoms with Gasteiger partial charge in [-0.25, -0.2) is 9.36 Å². The van der Waals surface area contributed by atoms with E-state index >= 15 is 0 Å². The van der Waals surface area contributed by atoms with Gasteiger partial charge in [0.2, 0.25) is 0 Å². The minimum absolute atomic E-state index is 0.0143. The Morgan fingerprint density at radius 1 is 1.19 bits per heavy atom. The molecule has 0 spiro atoms. The van der Waals surface area contributed by atoms with Crippen molar-refractivity contribution in [3.8, 4) is 11.4 Å². The highest BCUT2D eigenvalue weighted by molar-refractivity contribution is 6.32. The number of nitro benzene ring substituents is 1. The first-order chi connectivity index (χ1) is 12.9. The van der Waals surface area contributed by atoms with E-state index in [4.69, 9.17) is 25.2 Å². The highest BCUT2D eigenvalue weighted by Crippen LogP contribution is 2.33. The summed E-state index contributed by atoms with van der Waals surface area (Å²) in [6, 6.07) is 6.41. The van der Waals surface area contributed by atoms with Crippen molar-refractivity contribution in [3.63, 3.8) is 0 Å². The molecule has 0 bridgehead atoms. The van der Waals surface area contributed by atoms with E-state index in [-0.39, 0.29) is 33.1 Å². The molecule has 0 aliphatic carbocycles. The van der Waals surface area contributed by atoms with Crippen LogP contribution in [-0.4, -0.2) is 16.6 Å². The van der Waals surface area contributed by atoms with Crippen molar-refractivity contribution < 1.29 is 18.5 Å². The Labute approximate surface area is 154 Å². The lowest BCUT2D eigenvalue weighted by molar-refractivity contribution is -0.384. The van der Waals surface area contributed by atoms with Crippen LogP contribution < -0.4 is 16.1 Å². The highest BCUT2D eigenvalue weighted by Gasteiger charge is 2.21. The number of furan rings is 1. The molecule has 2 aromatic carbocycles. The fourth-order valence-corrected chi connectivity index (χ4v) is 3.15. The standard InChI is InChI=1S/C17H9ClN2O7/c1-25-15-9-4-5-26-12(9)7-13-14(15)16(21)19(17(22)27-13)11-3-2-8(20(23)24)6-10(11)18/h2-7H,1H3. The molecule has 2 heterocycles. The van der Waals surface area contributed by atoms with Gasteiger partial charge in [-0.3, -0.25) is 14.9 Å². The van der Waals surface area contributed by atoms with Crippen LogP contribution in [0.15, 0.2) is 55.0 Å². The zero-order valence-corrected chi connectivity index (χ0v) is 14.4. The van der Waals surface area contributed by atoms with Crippen LogP contribution in [0.3, 0.4) is 0 Å². The number of methoxy groups -OCH3 is 1. The lowest BCUT2D eigenvalue weighted by Crippen LogP contribution is -2.31. The van der Waals surface area contributed by atoms with Crippen LogP contribution >= 0.6 is 11.6 Å². The summed E-state index contributed by atoms with van der Waals surface area (Å²) in [6.07, 6.45) is 1.41. The Morgan fingerprint density at radius 2 is 1.96 bits per heavy atom. The Kier molecular flexibility index (Phi) is 3.74. The van der Waals surface area contributed by atoms with Gasteiger partial charge in [0.1, 0.15) is 16.7 Å². The number of rotatable bonds is 3. The number of nitro groups is 1. The van der Waals surface area contributed by atoms with E-state index in [1.807, 2.05) is 0 Å². The molecule has 0 radical (unpaired) electrons. The Morgan fingerprint density at radius 3 is 2.63 bits per heavy atom. The largest absolute Gasteiger partial charge is 0.495 e. The SMILES string of the molecule is COc1c2ccoc2cc2oc(=O)n(-c3ccc([N+](=O)[O-])cc3Cl)c(=O)c12. The normalized spacial score (nSPS) is 11.2. The maximum atomic E-state index is 13.1. The summed E-state index contributed by atoms with van der Waals surface area (Å²) in [5.74, 6) is -0.826. The molecular weight excluding hydrogens is 380 g/mol. The molecule has 136 valence electrons. The summed E-state index contributed by atoms with van der Waals surface area (Å²) in [5.41, 5.74) is -0.694. The van der Waals surface area contributed by atoms with E-state index in [9.17, 15) is 19.7 Å². The zero-order valence-electron chi connectivity index (χ0n) is 13.6. The molecule has 0 saturated carbocycles. The van der Waals surface area contributed by atoms with Gasteiger partial charge in [0.05, 0.1) is 34.4 Å². The van der Waals surface area contributed by atoms with Crippen LogP contribution in [0.2, 0.25) is 5.02 Å². The Balaban J connectivity index is 2.11. The minimum Gasteiger partial charge on any atom is -0.495 e. The number of non-ortho nitro benzene ring substituents is 1. The second-order valence-corrected chi connectivity index (χ2v) is 5.92. The molecule has 10 heteroatoms. The first kappa shape index (κ1) is 16.9. The summed E-state index contributed by atoms with van der Waals surface area (Å²) < 4.78 is 16.6. The van der Waals surface area contributed by atoms with Gasteiger partial charge in [0.25, 0.3) is 11.2 Å². The van der Waals surface area contributed by atoms with Crippen molar-refractivity contribution in [1.82, 2.24) is 4.57 Å². The molecule has 0 N–H and O–H groups in total. The van der Waals surface area contributed by atoms with E-state index in [0.717, 1.165) is 12.1 Å². The van der Waals surface area contributed by atoms with E-state index in [1.165, 1.54) is 25.5 Å². The third-order valence-electron chi connectivity index (χ3n) is 4.06. The van der Waals surface area contributed by atoms with Gasteiger partial charge in [-0.2, -0.15) is 0 Å². The Hall–Kier alpha value is -3.59. The summed E-state index contributed by atoms with van der Waals surface area (Å²) in [6.45, 7) is 0. The first-order valence-corrected chi connectivity index (χ1v) is 7.88. The maximum Gasteiger partial charge on any atom is 0.427 e. The third-order valence-corrected chi connectivity index (χ3v) is 4.36. The lowest BCUT2D eigenvalue weighted by atomic mass is 10.1. The molecule has 4 aromatic rings. The molecule has 0 atom stereocenters. The Bertz CT molecular complexity index is 1350. The van der Waals surface area contributed by atoms with Gasteiger partial charge >= 0.3 is 5.76 Å². The average molecular weight is 389 g/mol. The van der Waals surface area contributed by atoms with Crippen molar-refractivity contribution in [2.45, 2.75) is 0 Å². The van der Waals surface area contributed by atoms with Crippen LogP contribution in [0.25, 0.3) is 27.6 Å². The van der Waals surface area contributed by atoms with Crippen molar-refractivity contribution in [2.24, 2.45) is 0 Å². The number of nitrogens with zero attached hydrogens (tertiary/aromatic N) is 2. The second kappa shape index (κ2) is 5.99.